The maximum Gasteiger partial charge on any atom is 0.271 e. The van der Waals surface area contributed by atoms with Gasteiger partial charge in [-0.15, -0.1) is 23.7 Å². The molecule has 14 heteroatoms. The first-order chi connectivity index (χ1) is 23.8. The Morgan fingerprint density at radius 3 is 2.50 bits per heavy atom. The molecule has 0 aliphatic rings. The second kappa shape index (κ2) is 16.5. The maximum atomic E-state index is 15.4. The van der Waals surface area contributed by atoms with Crippen LogP contribution in [0.4, 0.5) is 14.5 Å². The second-order valence-corrected chi connectivity index (χ2v) is 11.7. The molecule has 0 atom stereocenters. The van der Waals surface area contributed by atoms with Crippen molar-refractivity contribution in [3.05, 3.63) is 125 Å². The fourth-order valence-corrected chi connectivity index (χ4v) is 6.03. The summed E-state index contributed by atoms with van der Waals surface area (Å²) in [6.07, 6.45) is 4.83. The average molecular weight is 720 g/mol. The van der Waals surface area contributed by atoms with Gasteiger partial charge < -0.3 is 24.8 Å². The van der Waals surface area contributed by atoms with Crippen LogP contribution in [0.1, 0.15) is 22.8 Å². The number of rotatable bonds is 13. The molecule has 6 aromatic rings. The number of nitrogens with one attached hydrogen (secondary N) is 2. The standard InChI is InChI=1S/C36H31F2N5O5S.ClH/c1-3-47-30-13-16-43(25-8-5-23(37)6-9-25)36(45)33(30)35(44)42-24-7-11-29(26(38)18-24)48-31-12-14-40-28-19-32(49-34(28)31)27-10-4-22(21-41-27)20-39-15-17-46-2;/h4-14,16,18-19,21,39H,3,15,17,20H2,1-2H3,(H,42,44);1H. The largest absolute Gasteiger partial charge is 0.493 e. The number of ether oxygens (including phenoxy) is 3. The van der Waals surface area contributed by atoms with Gasteiger partial charge in [-0.25, -0.2) is 8.78 Å². The Hall–Kier alpha value is -5.21. The molecule has 0 saturated carbocycles. The van der Waals surface area contributed by atoms with Gasteiger partial charge in [0, 0.05) is 62.3 Å². The molecular weight excluding hydrogens is 688 g/mol. The van der Waals surface area contributed by atoms with Crippen LogP contribution in [-0.4, -0.2) is 47.3 Å². The van der Waals surface area contributed by atoms with Crippen LogP contribution in [0.25, 0.3) is 26.5 Å². The smallest absolute Gasteiger partial charge is 0.271 e. The van der Waals surface area contributed by atoms with Gasteiger partial charge in [-0.2, -0.15) is 0 Å². The number of benzene rings is 2. The van der Waals surface area contributed by atoms with E-state index in [2.05, 4.69) is 20.6 Å². The number of thiophene rings is 1. The van der Waals surface area contributed by atoms with Crippen molar-refractivity contribution in [3.63, 3.8) is 0 Å². The summed E-state index contributed by atoms with van der Waals surface area (Å²) in [5, 5.41) is 5.87. The number of fused-ring (bicyclic) bond motifs is 1. The molecule has 1 amide bonds. The monoisotopic (exact) mass is 719 g/mol. The summed E-state index contributed by atoms with van der Waals surface area (Å²) in [4.78, 5) is 36.7. The van der Waals surface area contributed by atoms with E-state index in [1.54, 1.807) is 26.3 Å². The van der Waals surface area contributed by atoms with E-state index < -0.39 is 23.1 Å². The van der Waals surface area contributed by atoms with Gasteiger partial charge in [-0.05, 0) is 67.1 Å². The van der Waals surface area contributed by atoms with Crippen LogP contribution < -0.4 is 25.7 Å². The quantitative estimate of drug-likeness (QED) is 0.119. The summed E-state index contributed by atoms with van der Waals surface area (Å²) < 4.78 is 47.4. The van der Waals surface area contributed by atoms with Crippen molar-refractivity contribution in [3.8, 4) is 33.5 Å². The Labute approximate surface area is 296 Å². The fourth-order valence-electron chi connectivity index (χ4n) is 4.99. The molecule has 258 valence electrons. The van der Waals surface area contributed by atoms with Gasteiger partial charge in [0.15, 0.2) is 11.6 Å². The second-order valence-electron chi connectivity index (χ2n) is 10.7. The number of halogens is 3. The van der Waals surface area contributed by atoms with E-state index in [0.29, 0.717) is 34.8 Å². The molecule has 10 nitrogen and oxygen atoms in total. The van der Waals surface area contributed by atoms with Gasteiger partial charge in [-0.1, -0.05) is 6.07 Å². The van der Waals surface area contributed by atoms with Crippen LogP contribution >= 0.6 is 23.7 Å². The zero-order chi connectivity index (χ0) is 34.3. The summed E-state index contributed by atoms with van der Waals surface area (Å²) >= 11 is 1.42. The topological polar surface area (TPSA) is 117 Å². The number of hydrogen-bond acceptors (Lipinski definition) is 9. The number of anilines is 1. The third-order valence-corrected chi connectivity index (χ3v) is 8.52. The predicted molar refractivity (Wildman–Crippen MR) is 191 cm³/mol. The van der Waals surface area contributed by atoms with Crippen LogP contribution in [0.15, 0.2) is 96.2 Å². The Kier molecular flexibility index (Phi) is 11.9. The van der Waals surface area contributed by atoms with Crippen molar-refractivity contribution in [2.45, 2.75) is 13.5 Å². The lowest BCUT2D eigenvalue weighted by atomic mass is 10.2. The lowest BCUT2D eigenvalue weighted by Crippen LogP contribution is -2.29. The Bertz CT molecular complexity index is 2160. The van der Waals surface area contributed by atoms with Gasteiger partial charge in [0.25, 0.3) is 11.5 Å². The fraction of sp³-hybridized carbons (Fsp3) is 0.167. The van der Waals surface area contributed by atoms with Gasteiger partial charge in [0.1, 0.15) is 22.9 Å². The van der Waals surface area contributed by atoms with Crippen molar-refractivity contribution in [1.29, 1.82) is 0 Å². The number of carbonyl (C=O) groups is 1. The normalized spacial score (nSPS) is 10.9. The first-order valence-electron chi connectivity index (χ1n) is 15.3. The van der Waals surface area contributed by atoms with E-state index in [0.717, 1.165) is 28.7 Å². The molecule has 6 rings (SSSR count). The zero-order valence-corrected chi connectivity index (χ0v) is 28.6. The van der Waals surface area contributed by atoms with E-state index >= 15 is 4.39 Å². The number of carbonyl (C=O) groups excluding carboxylic acids is 1. The van der Waals surface area contributed by atoms with E-state index in [-0.39, 0.29) is 41.8 Å². The molecule has 0 radical (unpaired) electrons. The minimum absolute atomic E-state index is 0. The molecule has 0 saturated heterocycles. The first-order valence-corrected chi connectivity index (χ1v) is 16.1. The number of hydrogen-bond donors (Lipinski definition) is 2. The lowest BCUT2D eigenvalue weighted by Gasteiger charge is -2.14. The number of pyridine rings is 3. The molecule has 50 heavy (non-hydrogen) atoms. The van der Waals surface area contributed by atoms with Crippen molar-refractivity contribution in [2.75, 3.05) is 32.2 Å². The molecule has 4 heterocycles. The SMILES string of the molecule is CCOc1ccn(-c2ccc(F)cc2)c(=O)c1C(=O)Nc1ccc(Oc2ccnc3cc(-c4ccc(CNCCOC)cn4)sc23)c(F)c1.Cl. The third-order valence-electron chi connectivity index (χ3n) is 7.36. The Morgan fingerprint density at radius 2 is 1.78 bits per heavy atom. The van der Waals surface area contributed by atoms with Gasteiger partial charge in [-0.3, -0.25) is 24.1 Å². The highest BCUT2D eigenvalue weighted by Gasteiger charge is 2.21. The van der Waals surface area contributed by atoms with E-state index in [1.165, 1.54) is 64.6 Å². The molecule has 0 unspecified atom stereocenters. The summed E-state index contributed by atoms with van der Waals surface area (Å²) in [5.41, 5.74) is 1.97. The molecule has 0 bridgehead atoms. The molecule has 2 N–H and O–H groups in total. The minimum atomic E-state index is -0.802. The number of amides is 1. The highest BCUT2D eigenvalue weighted by molar-refractivity contribution is 7.22. The van der Waals surface area contributed by atoms with Crippen molar-refractivity contribution in [2.24, 2.45) is 0 Å². The molecule has 0 fully saturated rings. The first kappa shape index (κ1) is 36.1. The number of nitrogens with zero attached hydrogens (tertiary/aromatic N) is 3. The Balaban J connectivity index is 0.00000486. The van der Waals surface area contributed by atoms with Gasteiger partial charge in [0.05, 0.1) is 34.0 Å². The molecular formula is C36H32ClF2N5O5S. The highest BCUT2D eigenvalue weighted by atomic mass is 35.5. The van der Waals surface area contributed by atoms with Crippen molar-refractivity contribution < 1.29 is 27.8 Å². The van der Waals surface area contributed by atoms with Crippen LogP contribution in [0.2, 0.25) is 0 Å². The minimum Gasteiger partial charge on any atom is -0.493 e. The average Bonchev–Trinajstić information content (AvgIpc) is 3.54. The summed E-state index contributed by atoms with van der Waals surface area (Å²) in [6, 6.07) is 18.2. The van der Waals surface area contributed by atoms with Crippen LogP contribution in [-0.2, 0) is 11.3 Å². The summed E-state index contributed by atoms with van der Waals surface area (Å²) in [6.45, 7) is 3.96. The number of aromatic nitrogens is 3. The Morgan fingerprint density at radius 1 is 0.960 bits per heavy atom. The molecule has 0 spiro atoms. The van der Waals surface area contributed by atoms with E-state index in [9.17, 15) is 14.0 Å². The highest BCUT2D eigenvalue weighted by Crippen LogP contribution is 2.39. The summed E-state index contributed by atoms with van der Waals surface area (Å²) in [5.74, 6) is -1.62. The van der Waals surface area contributed by atoms with Crippen LogP contribution in [0.5, 0.6) is 17.2 Å². The van der Waals surface area contributed by atoms with Crippen LogP contribution in [0, 0.1) is 11.6 Å². The van der Waals surface area contributed by atoms with Crippen LogP contribution in [0.3, 0.4) is 0 Å². The predicted octanol–water partition coefficient (Wildman–Crippen LogP) is 7.39. The molecule has 4 aromatic heterocycles. The molecule has 2 aromatic carbocycles. The summed E-state index contributed by atoms with van der Waals surface area (Å²) in [7, 11) is 1.66. The van der Waals surface area contributed by atoms with Crippen molar-refractivity contribution in [1.82, 2.24) is 19.9 Å². The van der Waals surface area contributed by atoms with Crippen molar-refractivity contribution >= 4 is 45.6 Å². The maximum absolute atomic E-state index is 15.4. The number of methoxy groups -OCH3 is 1. The van der Waals surface area contributed by atoms with Gasteiger partial charge in [0.2, 0.25) is 0 Å². The molecule has 0 aliphatic carbocycles. The molecule has 0 aliphatic heterocycles. The lowest BCUT2D eigenvalue weighted by molar-refractivity contribution is 0.102. The van der Waals surface area contributed by atoms with Gasteiger partial charge >= 0.3 is 0 Å². The third kappa shape index (κ3) is 8.14. The van der Waals surface area contributed by atoms with E-state index in [4.69, 9.17) is 14.2 Å². The van der Waals surface area contributed by atoms with E-state index in [1.807, 2.05) is 24.4 Å². The zero-order valence-electron chi connectivity index (χ0n) is 26.9.